The van der Waals surface area contributed by atoms with E-state index < -0.39 is 0 Å². The lowest BCUT2D eigenvalue weighted by Gasteiger charge is -2.19. The van der Waals surface area contributed by atoms with E-state index in [1.54, 1.807) is 19.2 Å². The first-order chi connectivity index (χ1) is 17.5. The number of thioether (sulfide) groups is 1. The summed E-state index contributed by atoms with van der Waals surface area (Å²) in [6.07, 6.45) is 1.78. The summed E-state index contributed by atoms with van der Waals surface area (Å²) >= 11 is 1.85. The number of aromatic nitrogens is 4. The molecule has 5 rings (SSSR count). The normalized spacial score (nSPS) is 14.9. The van der Waals surface area contributed by atoms with Gasteiger partial charge in [0.2, 0.25) is 5.88 Å². The molecule has 0 radical (unpaired) electrons. The molecule has 1 unspecified atom stereocenters. The van der Waals surface area contributed by atoms with E-state index in [0.29, 0.717) is 11.3 Å². The molecule has 0 aliphatic carbocycles. The molecule has 182 valence electrons. The highest BCUT2D eigenvalue weighted by atomic mass is 32.2. The molecule has 1 aliphatic rings. The zero-order chi connectivity index (χ0) is 25.2. The van der Waals surface area contributed by atoms with E-state index in [9.17, 15) is 10.1 Å². The number of nitrogens with one attached hydrogen (secondary N) is 2. The van der Waals surface area contributed by atoms with Gasteiger partial charge in [-0.2, -0.15) is 10.4 Å². The molecule has 10 heteroatoms. The van der Waals surface area contributed by atoms with Crippen molar-refractivity contribution >= 4 is 29.4 Å². The number of fused-ring (bicyclic) bond motifs is 1. The third-order valence-corrected chi connectivity index (χ3v) is 7.42. The van der Waals surface area contributed by atoms with E-state index in [0.717, 1.165) is 52.7 Å². The van der Waals surface area contributed by atoms with E-state index in [-0.39, 0.29) is 22.6 Å². The van der Waals surface area contributed by atoms with Crippen LogP contribution in [0.2, 0.25) is 0 Å². The van der Waals surface area contributed by atoms with Gasteiger partial charge in [-0.3, -0.25) is 15.1 Å². The quantitative estimate of drug-likeness (QED) is 0.396. The monoisotopic (exact) mass is 499 g/mol. The van der Waals surface area contributed by atoms with Crippen LogP contribution in [-0.2, 0) is 6.54 Å². The molecule has 0 fully saturated rings. The summed E-state index contributed by atoms with van der Waals surface area (Å²) in [7, 11) is 0. The first kappa shape index (κ1) is 23.6. The Kier molecular flexibility index (Phi) is 6.48. The highest BCUT2D eigenvalue weighted by molar-refractivity contribution is 7.99. The van der Waals surface area contributed by atoms with Crippen LogP contribution in [-0.4, -0.2) is 38.1 Å². The van der Waals surface area contributed by atoms with Gasteiger partial charge in [0, 0.05) is 36.2 Å². The van der Waals surface area contributed by atoms with Gasteiger partial charge < -0.3 is 9.84 Å². The predicted octanol–water partition coefficient (Wildman–Crippen LogP) is 4.94. The van der Waals surface area contributed by atoms with Crippen molar-refractivity contribution in [2.45, 2.75) is 32.6 Å². The van der Waals surface area contributed by atoms with Crippen molar-refractivity contribution in [3.63, 3.8) is 0 Å². The smallest absolute Gasteiger partial charge is 0.258 e. The maximum Gasteiger partial charge on any atom is 0.258 e. The summed E-state index contributed by atoms with van der Waals surface area (Å²) in [5, 5.41) is 24.2. The Morgan fingerprint density at radius 3 is 2.92 bits per heavy atom. The predicted molar refractivity (Wildman–Crippen MR) is 139 cm³/mol. The molecular formula is C26H25N7O2S. The van der Waals surface area contributed by atoms with Crippen LogP contribution in [0, 0.1) is 25.2 Å². The minimum absolute atomic E-state index is 0.0199. The lowest BCUT2D eigenvalue weighted by molar-refractivity contribution is 0.102. The zero-order valence-electron chi connectivity index (χ0n) is 20.2. The summed E-state index contributed by atoms with van der Waals surface area (Å²) in [6, 6.07) is 13.5. The van der Waals surface area contributed by atoms with Gasteiger partial charge in [-0.05, 0) is 56.2 Å². The Bertz CT molecular complexity index is 1470. The SMILES string of the molecule is CCn1nc(-c2ccccn2)c2c1NCCSC2c1ccc(C(=O)Nc2onc(C)c2C#N)cc1C. The van der Waals surface area contributed by atoms with Gasteiger partial charge in [0.25, 0.3) is 5.91 Å². The molecule has 4 aromatic rings. The minimum Gasteiger partial charge on any atom is -0.369 e. The van der Waals surface area contributed by atoms with E-state index in [1.165, 1.54) is 0 Å². The average molecular weight is 500 g/mol. The number of pyridine rings is 1. The summed E-state index contributed by atoms with van der Waals surface area (Å²) in [5.74, 6) is 1.64. The second-order valence-corrected chi connectivity index (χ2v) is 9.64. The Morgan fingerprint density at radius 1 is 1.33 bits per heavy atom. The second-order valence-electron chi connectivity index (χ2n) is 8.43. The van der Waals surface area contributed by atoms with Gasteiger partial charge in [-0.15, -0.1) is 11.8 Å². The van der Waals surface area contributed by atoms with E-state index >= 15 is 0 Å². The van der Waals surface area contributed by atoms with Crippen molar-refractivity contribution in [3.05, 3.63) is 76.1 Å². The summed E-state index contributed by atoms with van der Waals surface area (Å²) in [5.41, 5.74) is 6.03. The van der Waals surface area contributed by atoms with Crippen molar-refractivity contribution in [1.29, 1.82) is 5.26 Å². The van der Waals surface area contributed by atoms with Gasteiger partial charge in [0.05, 0.1) is 10.9 Å². The third kappa shape index (κ3) is 4.22. The van der Waals surface area contributed by atoms with Gasteiger partial charge in [0.15, 0.2) is 0 Å². The molecule has 0 saturated carbocycles. The molecule has 0 saturated heterocycles. The molecule has 4 heterocycles. The number of aryl methyl sites for hydroxylation is 3. The number of benzene rings is 1. The lowest BCUT2D eigenvalue weighted by Crippen LogP contribution is -2.13. The van der Waals surface area contributed by atoms with Crippen LogP contribution >= 0.6 is 11.8 Å². The Morgan fingerprint density at radius 2 is 2.19 bits per heavy atom. The number of nitriles is 1. The molecule has 1 aromatic carbocycles. The number of amides is 1. The summed E-state index contributed by atoms with van der Waals surface area (Å²) < 4.78 is 7.12. The standard InChI is InChI=1S/C26H25N7O2S/c1-4-33-24-21(22(31-33)20-7-5-6-10-28-20)23(36-12-11-29-24)18-9-8-17(13-15(18)2)25(34)30-26-19(14-27)16(3)32-35-26/h5-10,13,23,29H,4,11-12H2,1-3H3,(H,30,34). The van der Waals surface area contributed by atoms with Crippen molar-refractivity contribution in [2.75, 3.05) is 22.9 Å². The van der Waals surface area contributed by atoms with E-state index in [1.807, 2.05) is 59.8 Å². The van der Waals surface area contributed by atoms with Crippen LogP contribution in [0.25, 0.3) is 11.4 Å². The van der Waals surface area contributed by atoms with Crippen molar-refractivity contribution in [1.82, 2.24) is 19.9 Å². The Labute approximate surface area is 212 Å². The maximum atomic E-state index is 12.9. The van der Waals surface area contributed by atoms with Crippen molar-refractivity contribution < 1.29 is 9.32 Å². The topological polar surface area (TPSA) is 122 Å². The van der Waals surface area contributed by atoms with Crippen molar-refractivity contribution in [3.8, 4) is 17.5 Å². The van der Waals surface area contributed by atoms with E-state index in [2.05, 4.69) is 27.7 Å². The fraction of sp³-hybridized carbons (Fsp3) is 0.269. The molecule has 1 amide bonds. The Balaban J connectivity index is 1.52. The number of hydrogen-bond donors (Lipinski definition) is 2. The fourth-order valence-electron chi connectivity index (χ4n) is 4.38. The maximum absolute atomic E-state index is 12.9. The molecule has 36 heavy (non-hydrogen) atoms. The molecule has 0 bridgehead atoms. The fourth-order valence-corrected chi connectivity index (χ4v) is 5.67. The number of rotatable bonds is 5. The van der Waals surface area contributed by atoms with Crippen LogP contribution in [0.4, 0.5) is 11.7 Å². The minimum atomic E-state index is -0.360. The lowest BCUT2D eigenvalue weighted by atomic mass is 9.96. The number of hydrogen-bond acceptors (Lipinski definition) is 8. The largest absolute Gasteiger partial charge is 0.369 e. The highest BCUT2D eigenvalue weighted by Gasteiger charge is 2.31. The van der Waals surface area contributed by atoms with E-state index in [4.69, 9.17) is 9.62 Å². The molecule has 9 nitrogen and oxygen atoms in total. The summed E-state index contributed by atoms with van der Waals surface area (Å²) in [6.45, 7) is 7.32. The molecule has 3 aromatic heterocycles. The van der Waals surface area contributed by atoms with Gasteiger partial charge in [-0.1, -0.05) is 17.3 Å². The number of carbonyl (C=O) groups excluding carboxylic acids is 1. The zero-order valence-corrected chi connectivity index (χ0v) is 21.0. The van der Waals surface area contributed by atoms with Gasteiger partial charge >= 0.3 is 0 Å². The van der Waals surface area contributed by atoms with Crippen LogP contribution in [0.1, 0.15) is 50.5 Å². The number of nitrogens with zero attached hydrogens (tertiary/aromatic N) is 5. The number of anilines is 2. The average Bonchev–Trinajstić information content (AvgIpc) is 3.36. The van der Waals surface area contributed by atoms with Crippen LogP contribution in [0.15, 0.2) is 47.1 Å². The highest BCUT2D eigenvalue weighted by Crippen LogP contribution is 2.46. The molecular weight excluding hydrogens is 474 g/mol. The Hall–Kier alpha value is -4.10. The molecule has 1 aliphatic heterocycles. The molecule has 2 N–H and O–H groups in total. The first-order valence-corrected chi connectivity index (χ1v) is 12.7. The third-order valence-electron chi connectivity index (χ3n) is 6.15. The number of carbonyl (C=O) groups is 1. The van der Waals surface area contributed by atoms with Crippen LogP contribution in [0.3, 0.4) is 0 Å². The molecule has 0 spiro atoms. The molecule has 1 atom stereocenters. The van der Waals surface area contributed by atoms with Gasteiger partial charge in [0.1, 0.15) is 28.8 Å². The second kappa shape index (κ2) is 9.87. The van der Waals surface area contributed by atoms with Gasteiger partial charge in [-0.25, -0.2) is 4.68 Å². The first-order valence-electron chi connectivity index (χ1n) is 11.7. The van der Waals surface area contributed by atoms with Crippen molar-refractivity contribution in [2.24, 2.45) is 0 Å². The summed E-state index contributed by atoms with van der Waals surface area (Å²) in [4.78, 5) is 17.5. The van der Waals surface area contributed by atoms with Crippen LogP contribution in [0.5, 0.6) is 0 Å². The van der Waals surface area contributed by atoms with Crippen LogP contribution < -0.4 is 10.6 Å².